The molecule has 2 heterocycles. The van der Waals surface area contributed by atoms with Crippen LogP contribution in [-0.2, 0) is 0 Å². The van der Waals surface area contributed by atoms with Gasteiger partial charge in [0, 0.05) is 16.9 Å². The van der Waals surface area contributed by atoms with Crippen LogP contribution in [0.4, 0.5) is 5.69 Å². The Bertz CT molecular complexity index is 646. The van der Waals surface area contributed by atoms with E-state index in [1.165, 1.54) is 24.7 Å². The maximum atomic E-state index is 11.9. The number of pyridine rings is 2. The second-order valence-electron chi connectivity index (χ2n) is 3.56. The molecule has 6 nitrogen and oxygen atoms in total. The minimum atomic E-state index is -1.11. The number of rotatable bonds is 3. The van der Waals surface area contributed by atoms with E-state index in [9.17, 15) is 9.59 Å². The molecule has 1 amide bonds. The first kappa shape index (κ1) is 13.2. The van der Waals surface area contributed by atoms with Gasteiger partial charge in [0.05, 0.1) is 17.4 Å². The van der Waals surface area contributed by atoms with Gasteiger partial charge in [-0.25, -0.2) is 9.78 Å². The molecule has 2 N–H and O–H groups in total. The number of hydrogen-bond donors (Lipinski definition) is 2. The minimum absolute atomic E-state index is 0.00196. The summed E-state index contributed by atoms with van der Waals surface area (Å²) >= 11 is 3.21. The molecule has 0 aliphatic heterocycles. The van der Waals surface area contributed by atoms with Crippen LogP contribution < -0.4 is 5.32 Å². The zero-order valence-corrected chi connectivity index (χ0v) is 11.1. The summed E-state index contributed by atoms with van der Waals surface area (Å²) in [5.74, 6) is -1.56. The molecule has 96 valence electrons. The summed E-state index contributed by atoms with van der Waals surface area (Å²) in [5.41, 5.74) is 0.503. The Kier molecular flexibility index (Phi) is 3.86. The molecule has 0 unspecified atom stereocenters. The lowest BCUT2D eigenvalue weighted by Gasteiger charge is -2.06. The number of aromatic nitrogens is 2. The lowest BCUT2D eigenvalue weighted by Crippen LogP contribution is -2.14. The summed E-state index contributed by atoms with van der Waals surface area (Å²) < 4.78 is 0.551. The molecule has 0 aliphatic carbocycles. The maximum absolute atomic E-state index is 11.9. The molecule has 19 heavy (non-hydrogen) atoms. The van der Waals surface area contributed by atoms with Gasteiger partial charge >= 0.3 is 5.97 Å². The van der Waals surface area contributed by atoms with Crippen molar-refractivity contribution in [3.05, 3.63) is 52.5 Å². The number of amides is 1. The first-order valence-corrected chi connectivity index (χ1v) is 5.97. The molecular weight excluding hydrogens is 314 g/mol. The Labute approximate surface area is 116 Å². The lowest BCUT2D eigenvalue weighted by atomic mass is 10.2. The molecule has 0 bridgehead atoms. The summed E-state index contributed by atoms with van der Waals surface area (Å²) in [7, 11) is 0. The van der Waals surface area contributed by atoms with E-state index in [-0.39, 0.29) is 11.3 Å². The molecule has 0 spiro atoms. The van der Waals surface area contributed by atoms with Crippen molar-refractivity contribution in [3.8, 4) is 0 Å². The number of anilines is 1. The van der Waals surface area contributed by atoms with Crippen molar-refractivity contribution < 1.29 is 14.7 Å². The Balaban J connectivity index is 2.22. The van der Waals surface area contributed by atoms with E-state index < -0.39 is 11.9 Å². The normalized spacial score (nSPS) is 9.95. The molecule has 0 radical (unpaired) electrons. The van der Waals surface area contributed by atoms with Crippen LogP contribution in [0.15, 0.2) is 41.3 Å². The molecule has 7 heteroatoms. The van der Waals surface area contributed by atoms with E-state index in [1.807, 2.05) is 0 Å². The van der Waals surface area contributed by atoms with Crippen molar-refractivity contribution in [2.75, 3.05) is 5.32 Å². The standard InChI is InChI=1S/C12H8BrN3O3/c13-9-2-1-3-15-10(9)11(17)16-8-4-7(12(18)19)5-14-6-8/h1-6H,(H,16,17)(H,18,19). The third-order valence-corrected chi connectivity index (χ3v) is 2.86. The van der Waals surface area contributed by atoms with Gasteiger partial charge in [-0.1, -0.05) is 0 Å². The largest absolute Gasteiger partial charge is 0.478 e. The molecule has 2 aromatic rings. The molecule has 0 aliphatic rings. The monoisotopic (exact) mass is 321 g/mol. The summed E-state index contributed by atoms with van der Waals surface area (Å²) in [6.07, 6.45) is 4.06. The highest BCUT2D eigenvalue weighted by Crippen LogP contribution is 2.15. The fourth-order valence-corrected chi connectivity index (χ4v) is 1.80. The third kappa shape index (κ3) is 3.14. The van der Waals surface area contributed by atoms with Crippen LogP contribution >= 0.6 is 15.9 Å². The van der Waals surface area contributed by atoms with Crippen LogP contribution in [0, 0.1) is 0 Å². The van der Waals surface area contributed by atoms with Crippen molar-refractivity contribution in [1.29, 1.82) is 0 Å². The molecule has 0 saturated carbocycles. The van der Waals surface area contributed by atoms with Crippen molar-refractivity contribution in [1.82, 2.24) is 9.97 Å². The average Bonchev–Trinajstić information content (AvgIpc) is 2.39. The Morgan fingerprint density at radius 2 is 2.11 bits per heavy atom. The van der Waals surface area contributed by atoms with E-state index >= 15 is 0 Å². The van der Waals surface area contributed by atoms with E-state index in [0.717, 1.165) is 0 Å². The third-order valence-electron chi connectivity index (χ3n) is 2.22. The Morgan fingerprint density at radius 1 is 1.32 bits per heavy atom. The van der Waals surface area contributed by atoms with Crippen LogP contribution in [0.25, 0.3) is 0 Å². The lowest BCUT2D eigenvalue weighted by molar-refractivity contribution is 0.0696. The Morgan fingerprint density at radius 3 is 2.79 bits per heavy atom. The fraction of sp³-hybridized carbons (Fsp3) is 0. The van der Waals surface area contributed by atoms with Gasteiger partial charge in [0.2, 0.25) is 0 Å². The number of nitrogens with zero attached hydrogens (tertiary/aromatic N) is 2. The van der Waals surface area contributed by atoms with E-state index in [2.05, 4.69) is 31.2 Å². The number of carbonyl (C=O) groups is 2. The van der Waals surface area contributed by atoms with Gasteiger partial charge in [-0.15, -0.1) is 0 Å². The van der Waals surface area contributed by atoms with E-state index in [4.69, 9.17) is 5.11 Å². The number of carboxylic acid groups (broad SMARTS) is 1. The quantitative estimate of drug-likeness (QED) is 0.904. The van der Waals surface area contributed by atoms with Gasteiger partial charge in [-0.3, -0.25) is 9.78 Å². The number of carbonyl (C=O) groups excluding carboxylic acids is 1. The fourth-order valence-electron chi connectivity index (χ4n) is 1.37. The number of nitrogens with one attached hydrogen (secondary N) is 1. The van der Waals surface area contributed by atoms with Crippen LogP contribution in [0.3, 0.4) is 0 Å². The van der Waals surface area contributed by atoms with Crippen molar-refractivity contribution >= 4 is 33.5 Å². The minimum Gasteiger partial charge on any atom is -0.478 e. The summed E-state index contributed by atoms with van der Waals surface area (Å²) in [6.45, 7) is 0. The number of aromatic carboxylic acids is 1. The van der Waals surface area contributed by atoms with Crippen LogP contribution in [0.2, 0.25) is 0 Å². The smallest absolute Gasteiger partial charge is 0.337 e. The van der Waals surface area contributed by atoms with Gasteiger partial charge in [0.1, 0.15) is 5.69 Å². The first-order valence-electron chi connectivity index (χ1n) is 5.18. The molecule has 0 atom stereocenters. The van der Waals surface area contributed by atoms with Crippen molar-refractivity contribution in [3.63, 3.8) is 0 Å². The van der Waals surface area contributed by atoms with E-state index in [0.29, 0.717) is 10.2 Å². The predicted octanol–water partition coefficient (Wildman–Crippen LogP) is 2.19. The second-order valence-corrected chi connectivity index (χ2v) is 4.41. The van der Waals surface area contributed by atoms with Crippen LogP contribution in [0.5, 0.6) is 0 Å². The van der Waals surface area contributed by atoms with Crippen molar-refractivity contribution in [2.45, 2.75) is 0 Å². The summed E-state index contributed by atoms with van der Waals surface area (Å²) in [6, 6.07) is 4.70. The topological polar surface area (TPSA) is 92.2 Å². The van der Waals surface area contributed by atoms with Gasteiger partial charge in [0.15, 0.2) is 0 Å². The number of halogens is 1. The maximum Gasteiger partial charge on any atom is 0.337 e. The van der Waals surface area contributed by atoms with Gasteiger partial charge in [-0.05, 0) is 34.1 Å². The highest BCUT2D eigenvalue weighted by Gasteiger charge is 2.12. The summed E-state index contributed by atoms with van der Waals surface area (Å²) in [5, 5.41) is 11.4. The van der Waals surface area contributed by atoms with Crippen molar-refractivity contribution in [2.24, 2.45) is 0 Å². The Hall–Kier alpha value is -2.28. The first-order chi connectivity index (χ1) is 9.08. The number of hydrogen-bond acceptors (Lipinski definition) is 4. The SMILES string of the molecule is O=C(O)c1cncc(NC(=O)c2ncccc2Br)c1. The molecule has 2 aromatic heterocycles. The van der Waals surface area contributed by atoms with Gasteiger partial charge in [0.25, 0.3) is 5.91 Å². The predicted molar refractivity (Wildman–Crippen MR) is 71.1 cm³/mol. The molecule has 0 fully saturated rings. The highest BCUT2D eigenvalue weighted by molar-refractivity contribution is 9.10. The highest BCUT2D eigenvalue weighted by atomic mass is 79.9. The zero-order chi connectivity index (χ0) is 13.8. The molecule has 0 saturated heterocycles. The van der Waals surface area contributed by atoms with Gasteiger partial charge < -0.3 is 10.4 Å². The molecule has 2 rings (SSSR count). The zero-order valence-electron chi connectivity index (χ0n) is 9.50. The average molecular weight is 322 g/mol. The second kappa shape index (κ2) is 5.57. The van der Waals surface area contributed by atoms with Gasteiger partial charge in [-0.2, -0.15) is 0 Å². The molecule has 0 aromatic carbocycles. The summed E-state index contributed by atoms with van der Waals surface area (Å²) in [4.78, 5) is 30.4. The van der Waals surface area contributed by atoms with Crippen LogP contribution in [0.1, 0.15) is 20.8 Å². The van der Waals surface area contributed by atoms with E-state index in [1.54, 1.807) is 12.1 Å². The molecular formula is C12H8BrN3O3. The van der Waals surface area contributed by atoms with Crippen LogP contribution in [-0.4, -0.2) is 27.0 Å². The number of carboxylic acids is 1.